The molecule has 0 atom stereocenters. The molecule has 0 saturated heterocycles. The van der Waals surface area contributed by atoms with E-state index in [1.165, 1.54) is 6.08 Å². The Hall–Kier alpha value is -1.93. The van der Waals surface area contributed by atoms with Crippen LogP contribution in [0.1, 0.15) is 5.56 Å². The number of rotatable bonds is 2. The highest BCUT2D eigenvalue weighted by atomic mass is 16.1. The van der Waals surface area contributed by atoms with Crippen LogP contribution in [-0.2, 0) is 18.4 Å². The molecule has 70 valence electrons. The fourth-order valence-corrected chi connectivity index (χ4v) is 1.54. The van der Waals surface area contributed by atoms with Gasteiger partial charge in [0.05, 0.1) is 6.54 Å². The van der Waals surface area contributed by atoms with E-state index in [4.69, 9.17) is 0 Å². The Morgan fingerprint density at radius 3 is 3.29 bits per heavy atom. The maximum Gasteiger partial charge on any atom is 0.235 e. The van der Waals surface area contributed by atoms with Crippen molar-refractivity contribution in [1.29, 1.82) is 0 Å². The smallest absolute Gasteiger partial charge is 0.235 e. The van der Waals surface area contributed by atoms with E-state index in [9.17, 15) is 4.79 Å². The Balaban J connectivity index is 2.60. The first-order valence-corrected chi connectivity index (χ1v) is 4.25. The van der Waals surface area contributed by atoms with Crippen molar-refractivity contribution < 1.29 is 4.79 Å². The van der Waals surface area contributed by atoms with E-state index in [1.807, 2.05) is 29.9 Å². The van der Waals surface area contributed by atoms with Crippen molar-refractivity contribution in [2.45, 2.75) is 6.54 Å². The van der Waals surface area contributed by atoms with E-state index >= 15 is 0 Å². The maximum atomic E-state index is 10.0. The SMILES string of the molecule is Cn1cc(CN=C=O)c2cccnc21. The molecule has 0 unspecified atom stereocenters. The number of aromatic nitrogens is 2. The summed E-state index contributed by atoms with van der Waals surface area (Å²) in [6.07, 6.45) is 5.21. The molecule has 2 rings (SSSR count). The Morgan fingerprint density at radius 1 is 1.64 bits per heavy atom. The molecule has 14 heavy (non-hydrogen) atoms. The second kappa shape index (κ2) is 3.44. The van der Waals surface area contributed by atoms with Gasteiger partial charge in [-0.15, -0.1) is 0 Å². The second-order valence-corrected chi connectivity index (χ2v) is 3.05. The Morgan fingerprint density at radius 2 is 2.50 bits per heavy atom. The fraction of sp³-hybridized carbons (Fsp3) is 0.200. The molecule has 0 aliphatic rings. The van der Waals surface area contributed by atoms with Gasteiger partial charge in [0.2, 0.25) is 6.08 Å². The first-order chi connectivity index (χ1) is 6.83. The third-order valence-corrected chi connectivity index (χ3v) is 2.13. The summed E-state index contributed by atoms with van der Waals surface area (Å²) in [7, 11) is 1.92. The summed E-state index contributed by atoms with van der Waals surface area (Å²) in [5.74, 6) is 0. The second-order valence-electron chi connectivity index (χ2n) is 3.05. The number of hydrogen-bond acceptors (Lipinski definition) is 3. The Labute approximate surface area is 80.9 Å². The molecule has 0 amide bonds. The third kappa shape index (κ3) is 1.32. The number of aliphatic imine (C=N–C) groups is 1. The minimum Gasteiger partial charge on any atom is -0.335 e. The van der Waals surface area contributed by atoms with E-state index in [1.54, 1.807) is 6.20 Å². The van der Waals surface area contributed by atoms with Crippen molar-refractivity contribution in [3.8, 4) is 0 Å². The lowest BCUT2D eigenvalue weighted by Crippen LogP contribution is -1.85. The molecular formula is C10H9N3O. The third-order valence-electron chi connectivity index (χ3n) is 2.13. The van der Waals surface area contributed by atoms with Crippen LogP contribution in [0, 0.1) is 0 Å². The van der Waals surface area contributed by atoms with E-state index in [0.29, 0.717) is 6.54 Å². The van der Waals surface area contributed by atoms with Crippen LogP contribution < -0.4 is 0 Å². The van der Waals surface area contributed by atoms with Gasteiger partial charge in [0.1, 0.15) is 5.65 Å². The average Bonchev–Trinajstić information content (AvgIpc) is 2.54. The van der Waals surface area contributed by atoms with Crippen molar-refractivity contribution in [2.75, 3.05) is 0 Å². The lowest BCUT2D eigenvalue weighted by atomic mass is 10.2. The van der Waals surface area contributed by atoms with Gasteiger partial charge < -0.3 is 4.57 Å². The van der Waals surface area contributed by atoms with E-state index in [-0.39, 0.29) is 0 Å². The van der Waals surface area contributed by atoms with E-state index in [0.717, 1.165) is 16.6 Å². The fourth-order valence-electron chi connectivity index (χ4n) is 1.54. The van der Waals surface area contributed by atoms with Gasteiger partial charge in [-0.05, 0) is 12.1 Å². The lowest BCUT2D eigenvalue weighted by Gasteiger charge is -1.92. The molecule has 4 nitrogen and oxygen atoms in total. The predicted octanol–water partition coefficient (Wildman–Crippen LogP) is 1.41. The van der Waals surface area contributed by atoms with Gasteiger partial charge in [-0.2, -0.15) is 0 Å². The molecule has 0 spiro atoms. The molecular weight excluding hydrogens is 178 g/mol. The van der Waals surface area contributed by atoms with E-state index < -0.39 is 0 Å². The van der Waals surface area contributed by atoms with Gasteiger partial charge in [0, 0.05) is 30.4 Å². The molecule has 0 fully saturated rings. The van der Waals surface area contributed by atoms with E-state index in [2.05, 4.69) is 9.98 Å². The highest BCUT2D eigenvalue weighted by Gasteiger charge is 2.05. The first-order valence-electron chi connectivity index (χ1n) is 4.25. The molecule has 0 aliphatic heterocycles. The summed E-state index contributed by atoms with van der Waals surface area (Å²) in [5.41, 5.74) is 1.91. The molecule has 4 heteroatoms. The molecule has 0 aliphatic carbocycles. The zero-order valence-corrected chi connectivity index (χ0v) is 7.77. The monoisotopic (exact) mass is 187 g/mol. The topological polar surface area (TPSA) is 47.2 Å². The first kappa shape index (κ1) is 8.66. The van der Waals surface area contributed by atoms with Crippen LogP contribution in [0.4, 0.5) is 0 Å². The molecule has 2 aromatic heterocycles. The Kier molecular flexibility index (Phi) is 2.13. The molecule has 0 aromatic carbocycles. The molecule has 0 radical (unpaired) electrons. The van der Waals surface area contributed by atoms with Crippen molar-refractivity contribution >= 4 is 17.1 Å². The lowest BCUT2D eigenvalue weighted by molar-refractivity contribution is 0.563. The standard InChI is InChI=1S/C10H9N3O/c1-13-6-8(5-11-7-14)9-3-2-4-12-10(9)13/h2-4,6H,5H2,1H3. The largest absolute Gasteiger partial charge is 0.335 e. The van der Waals surface area contributed by atoms with Gasteiger partial charge in [-0.3, -0.25) is 0 Å². The van der Waals surface area contributed by atoms with Crippen LogP contribution >= 0.6 is 0 Å². The molecule has 2 heterocycles. The summed E-state index contributed by atoms with van der Waals surface area (Å²) in [5, 5.41) is 1.04. The zero-order valence-electron chi connectivity index (χ0n) is 7.77. The molecule has 0 saturated carbocycles. The van der Waals surface area contributed by atoms with Gasteiger partial charge >= 0.3 is 0 Å². The van der Waals surface area contributed by atoms with Gasteiger partial charge in [-0.25, -0.2) is 14.8 Å². The van der Waals surface area contributed by atoms with Crippen LogP contribution in [0.15, 0.2) is 29.5 Å². The average molecular weight is 187 g/mol. The highest BCUT2D eigenvalue weighted by molar-refractivity contribution is 5.80. The van der Waals surface area contributed by atoms with Crippen LogP contribution in [0.25, 0.3) is 11.0 Å². The number of pyridine rings is 1. The highest BCUT2D eigenvalue weighted by Crippen LogP contribution is 2.18. The van der Waals surface area contributed by atoms with Gasteiger partial charge in [-0.1, -0.05) is 0 Å². The number of fused-ring (bicyclic) bond motifs is 1. The van der Waals surface area contributed by atoms with Crippen molar-refractivity contribution in [3.63, 3.8) is 0 Å². The molecule has 0 bridgehead atoms. The van der Waals surface area contributed by atoms with Crippen LogP contribution in [0.3, 0.4) is 0 Å². The van der Waals surface area contributed by atoms with Gasteiger partial charge in [0.15, 0.2) is 0 Å². The maximum absolute atomic E-state index is 10.0. The van der Waals surface area contributed by atoms with Crippen molar-refractivity contribution in [3.05, 3.63) is 30.1 Å². The molecule has 2 aromatic rings. The minimum absolute atomic E-state index is 0.368. The quantitative estimate of drug-likeness (QED) is 0.527. The number of carbonyl (C=O) groups excluding carboxylic acids is 1. The number of hydrogen-bond donors (Lipinski definition) is 0. The molecule has 0 N–H and O–H groups in total. The van der Waals surface area contributed by atoms with Crippen LogP contribution in [0.2, 0.25) is 0 Å². The summed E-state index contributed by atoms with van der Waals surface area (Å²) in [4.78, 5) is 17.8. The predicted molar refractivity (Wildman–Crippen MR) is 52.5 cm³/mol. The Bertz CT molecular complexity index is 509. The summed E-state index contributed by atoms with van der Waals surface area (Å²) in [6.45, 7) is 0.368. The summed E-state index contributed by atoms with van der Waals surface area (Å²) in [6, 6.07) is 3.84. The van der Waals surface area contributed by atoms with Crippen molar-refractivity contribution in [1.82, 2.24) is 9.55 Å². The zero-order chi connectivity index (χ0) is 9.97. The summed E-state index contributed by atoms with van der Waals surface area (Å²) < 4.78 is 1.92. The number of isocyanates is 1. The van der Waals surface area contributed by atoms with Crippen LogP contribution in [0.5, 0.6) is 0 Å². The van der Waals surface area contributed by atoms with Gasteiger partial charge in [0.25, 0.3) is 0 Å². The summed E-state index contributed by atoms with van der Waals surface area (Å²) >= 11 is 0. The van der Waals surface area contributed by atoms with Crippen molar-refractivity contribution in [2.24, 2.45) is 12.0 Å². The normalized spacial score (nSPS) is 10.1. The number of aryl methyl sites for hydroxylation is 1. The minimum atomic E-state index is 0.368. The van der Waals surface area contributed by atoms with Crippen LogP contribution in [-0.4, -0.2) is 15.6 Å². The number of nitrogens with zero attached hydrogens (tertiary/aromatic N) is 3.